The van der Waals surface area contributed by atoms with Crippen LogP contribution in [0.2, 0.25) is 0 Å². The van der Waals surface area contributed by atoms with Crippen LogP contribution in [-0.2, 0) is 11.3 Å². The Labute approximate surface area is 156 Å². The molecule has 0 bridgehead atoms. The summed E-state index contributed by atoms with van der Waals surface area (Å²) >= 11 is 0. The Morgan fingerprint density at radius 1 is 1.26 bits per heavy atom. The van der Waals surface area contributed by atoms with E-state index in [0.717, 1.165) is 27.9 Å². The van der Waals surface area contributed by atoms with E-state index in [2.05, 4.69) is 4.98 Å². The first-order valence-corrected chi connectivity index (χ1v) is 8.83. The van der Waals surface area contributed by atoms with E-state index in [1.54, 1.807) is 6.07 Å². The molecule has 1 aromatic carbocycles. The number of benzene rings is 1. The van der Waals surface area contributed by atoms with E-state index in [0.29, 0.717) is 17.9 Å². The van der Waals surface area contributed by atoms with Crippen molar-refractivity contribution in [3.05, 3.63) is 65.3 Å². The van der Waals surface area contributed by atoms with Crippen molar-refractivity contribution in [1.82, 2.24) is 9.38 Å². The van der Waals surface area contributed by atoms with Crippen LogP contribution in [0.1, 0.15) is 34.3 Å². The molecule has 6 nitrogen and oxygen atoms in total. The molecule has 27 heavy (non-hydrogen) atoms. The number of nitrogens with zero attached hydrogens (tertiary/aromatic N) is 2. The number of rotatable bonds is 5. The summed E-state index contributed by atoms with van der Waals surface area (Å²) in [5, 5.41) is 0.844. The molecular weight excluding hydrogens is 344 g/mol. The van der Waals surface area contributed by atoms with E-state index in [1.165, 1.54) is 0 Å². The van der Waals surface area contributed by atoms with Gasteiger partial charge in [-0.1, -0.05) is 6.07 Å². The number of esters is 1. The van der Waals surface area contributed by atoms with Crippen molar-refractivity contribution in [3.63, 3.8) is 0 Å². The fourth-order valence-electron chi connectivity index (χ4n) is 3.13. The van der Waals surface area contributed by atoms with Crippen LogP contribution in [0, 0.1) is 13.8 Å². The molecule has 0 atom stereocenters. The van der Waals surface area contributed by atoms with E-state index in [-0.39, 0.29) is 12.4 Å². The summed E-state index contributed by atoms with van der Waals surface area (Å²) in [7, 11) is 0. The minimum absolute atomic E-state index is 0.0840. The molecule has 0 aliphatic heterocycles. The maximum absolute atomic E-state index is 12.5. The molecule has 0 aliphatic rings. The number of furan rings is 1. The summed E-state index contributed by atoms with van der Waals surface area (Å²) in [6.45, 7) is 6.42. The number of carbonyl (C=O) groups is 1. The number of imidazole rings is 1. The normalized spacial score (nSPS) is 11.2. The largest absolute Gasteiger partial charge is 0.494 e. The first kappa shape index (κ1) is 17.1. The molecule has 0 radical (unpaired) electrons. The number of pyridine rings is 1. The summed E-state index contributed by atoms with van der Waals surface area (Å²) in [6.07, 6.45) is 3.77. The zero-order valence-corrected chi connectivity index (χ0v) is 15.5. The first-order chi connectivity index (χ1) is 13.1. The van der Waals surface area contributed by atoms with Crippen LogP contribution >= 0.6 is 0 Å². The lowest BCUT2D eigenvalue weighted by Crippen LogP contribution is -2.05. The molecular formula is C21H20N2O4. The highest BCUT2D eigenvalue weighted by Gasteiger charge is 2.20. The lowest BCUT2D eigenvalue weighted by Gasteiger charge is -2.01. The molecule has 138 valence electrons. The molecule has 4 rings (SSSR count). The first-order valence-electron chi connectivity index (χ1n) is 8.83. The van der Waals surface area contributed by atoms with Gasteiger partial charge >= 0.3 is 5.97 Å². The summed E-state index contributed by atoms with van der Waals surface area (Å²) in [4.78, 5) is 17.0. The highest BCUT2D eigenvalue weighted by Crippen LogP contribution is 2.29. The third-order valence-corrected chi connectivity index (χ3v) is 4.48. The van der Waals surface area contributed by atoms with E-state index in [4.69, 9.17) is 13.9 Å². The van der Waals surface area contributed by atoms with E-state index in [9.17, 15) is 4.79 Å². The third kappa shape index (κ3) is 3.14. The SMILES string of the molecule is CCOc1ccc2oc(C(=O)OCc3cn4cccc(C)c4n3)c(C)c2c1. The zero-order chi connectivity index (χ0) is 19.0. The molecule has 0 unspecified atom stereocenters. The maximum atomic E-state index is 12.5. The highest BCUT2D eigenvalue weighted by molar-refractivity contribution is 5.96. The van der Waals surface area contributed by atoms with Crippen molar-refractivity contribution < 1.29 is 18.7 Å². The molecule has 0 saturated carbocycles. The summed E-state index contributed by atoms with van der Waals surface area (Å²) < 4.78 is 18.6. The maximum Gasteiger partial charge on any atom is 0.374 e. The van der Waals surface area contributed by atoms with Crippen LogP contribution in [0.15, 0.2) is 47.1 Å². The molecule has 0 amide bonds. The van der Waals surface area contributed by atoms with Crippen LogP contribution in [0.5, 0.6) is 5.75 Å². The second-order valence-corrected chi connectivity index (χ2v) is 6.38. The minimum atomic E-state index is -0.504. The van der Waals surface area contributed by atoms with E-state index >= 15 is 0 Å². The topological polar surface area (TPSA) is 66.0 Å². The van der Waals surface area contributed by atoms with E-state index < -0.39 is 5.97 Å². The van der Waals surface area contributed by atoms with Crippen molar-refractivity contribution in [2.24, 2.45) is 0 Å². The molecule has 0 saturated heterocycles. The zero-order valence-electron chi connectivity index (χ0n) is 15.5. The fraction of sp³-hybridized carbons (Fsp3) is 0.238. The number of aromatic nitrogens is 2. The number of carbonyl (C=O) groups excluding carboxylic acids is 1. The lowest BCUT2D eigenvalue weighted by molar-refractivity contribution is 0.0433. The second kappa shape index (κ2) is 6.79. The third-order valence-electron chi connectivity index (χ3n) is 4.48. The Morgan fingerprint density at radius 3 is 2.89 bits per heavy atom. The van der Waals surface area contributed by atoms with Gasteiger partial charge in [0.05, 0.1) is 12.3 Å². The standard InChI is InChI=1S/C21H20N2O4/c1-4-25-16-7-8-18-17(10-16)14(3)19(27-18)21(24)26-12-15-11-23-9-5-6-13(2)20(23)22-15/h5-11H,4,12H2,1-3H3. The monoisotopic (exact) mass is 364 g/mol. The minimum Gasteiger partial charge on any atom is -0.494 e. The molecule has 3 heterocycles. The van der Waals surface area contributed by atoms with Gasteiger partial charge in [-0.25, -0.2) is 9.78 Å². The number of ether oxygens (including phenoxy) is 2. The van der Waals surface area contributed by atoms with Crippen molar-refractivity contribution in [2.75, 3.05) is 6.61 Å². The van der Waals surface area contributed by atoms with Gasteiger partial charge in [0.2, 0.25) is 5.76 Å². The highest BCUT2D eigenvalue weighted by atomic mass is 16.5. The molecule has 0 spiro atoms. The van der Waals surface area contributed by atoms with E-state index in [1.807, 2.05) is 61.8 Å². The van der Waals surface area contributed by atoms with Gasteiger partial charge in [0.1, 0.15) is 23.6 Å². The quantitative estimate of drug-likeness (QED) is 0.489. The number of aryl methyl sites for hydroxylation is 2. The average molecular weight is 364 g/mol. The summed E-state index contributed by atoms with van der Waals surface area (Å²) in [5.41, 5.74) is 3.97. The average Bonchev–Trinajstić information content (AvgIpc) is 3.22. The van der Waals surface area contributed by atoms with Gasteiger partial charge in [0.25, 0.3) is 0 Å². The van der Waals surface area contributed by atoms with Crippen molar-refractivity contribution in [2.45, 2.75) is 27.4 Å². The lowest BCUT2D eigenvalue weighted by atomic mass is 10.1. The van der Waals surface area contributed by atoms with Crippen molar-refractivity contribution in [1.29, 1.82) is 0 Å². The number of hydrogen-bond acceptors (Lipinski definition) is 5. The Kier molecular flexibility index (Phi) is 4.32. The molecule has 4 aromatic rings. The van der Waals surface area contributed by atoms with Gasteiger partial charge in [-0.15, -0.1) is 0 Å². The predicted molar refractivity (Wildman–Crippen MR) is 101 cm³/mol. The van der Waals surface area contributed by atoms with Gasteiger partial charge in [-0.2, -0.15) is 0 Å². The number of hydrogen-bond donors (Lipinski definition) is 0. The summed E-state index contributed by atoms with van der Waals surface area (Å²) in [5.74, 6) is 0.447. The fourth-order valence-corrected chi connectivity index (χ4v) is 3.13. The van der Waals surface area contributed by atoms with Gasteiger partial charge < -0.3 is 18.3 Å². The van der Waals surface area contributed by atoms with Crippen LogP contribution < -0.4 is 4.74 Å². The Bertz CT molecular complexity index is 1140. The van der Waals surface area contributed by atoms with Crippen LogP contribution in [0.3, 0.4) is 0 Å². The molecule has 3 aromatic heterocycles. The van der Waals surface area contributed by atoms with Crippen molar-refractivity contribution in [3.8, 4) is 5.75 Å². The molecule has 0 fully saturated rings. The predicted octanol–water partition coefficient (Wildman–Crippen LogP) is 4.45. The summed E-state index contributed by atoms with van der Waals surface area (Å²) in [6, 6.07) is 9.44. The molecule has 6 heteroatoms. The van der Waals surface area contributed by atoms with Crippen molar-refractivity contribution >= 4 is 22.6 Å². The van der Waals surface area contributed by atoms with Gasteiger partial charge in [-0.3, -0.25) is 0 Å². The van der Waals surface area contributed by atoms with Crippen LogP contribution in [0.4, 0.5) is 0 Å². The van der Waals surface area contributed by atoms with Gasteiger partial charge in [0, 0.05) is 23.3 Å². The van der Waals surface area contributed by atoms with Crippen LogP contribution in [0.25, 0.3) is 16.6 Å². The number of fused-ring (bicyclic) bond motifs is 2. The van der Waals surface area contributed by atoms with Gasteiger partial charge in [-0.05, 0) is 50.6 Å². The smallest absolute Gasteiger partial charge is 0.374 e. The second-order valence-electron chi connectivity index (χ2n) is 6.38. The Balaban J connectivity index is 1.55. The van der Waals surface area contributed by atoms with Gasteiger partial charge in [0.15, 0.2) is 0 Å². The molecule has 0 aliphatic carbocycles. The van der Waals surface area contributed by atoms with Crippen LogP contribution in [-0.4, -0.2) is 22.0 Å². The Hall–Kier alpha value is -3.28. The Morgan fingerprint density at radius 2 is 2.11 bits per heavy atom. The molecule has 0 N–H and O–H groups in total.